The Morgan fingerprint density at radius 2 is 2.00 bits per heavy atom. The summed E-state index contributed by atoms with van der Waals surface area (Å²) in [5.74, 6) is 0.826. The van der Waals surface area contributed by atoms with Crippen molar-refractivity contribution in [2.45, 2.75) is 39.2 Å². The monoisotopic (exact) mass is 333 g/mol. The van der Waals surface area contributed by atoms with Gasteiger partial charge in [0.25, 0.3) is 0 Å². The molecule has 126 valence electrons. The molecule has 2 aliphatic rings. The van der Waals surface area contributed by atoms with Crippen molar-refractivity contribution in [3.8, 4) is 11.8 Å². The van der Waals surface area contributed by atoms with Crippen LogP contribution in [-0.4, -0.2) is 42.4 Å². The van der Waals surface area contributed by atoms with Crippen LogP contribution in [0.2, 0.25) is 0 Å². The third kappa shape index (κ3) is 4.67. The van der Waals surface area contributed by atoms with Gasteiger partial charge in [-0.1, -0.05) is 29.3 Å². The van der Waals surface area contributed by atoms with Gasteiger partial charge >= 0.3 is 0 Å². The molecule has 3 rings (SSSR count). The van der Waals surface area contributed by atoms with Gasteiger partial charge in [0, 0.05) is 32.2 Å². The molecule has 0 bridgehead atoms. The number of fused-ring (bicyclic) bond motifs is 1. The Balaban J connectivity index is 0.000000924. The molecule has 1 fully saturated rings. The van der Waals surface area contributed by atoms with Crippen LogP contribution in [0.4, 0.5) is 0 Å². The molecule has 1 aliphatic heterocycles. The third-order valence-corrected chi connectivity index (χ3v) is 5.01. The number of nitriles is 1. The maximum absolute atomic E-state index is 8.66. The summed E-state index contributed by atoms with van der Waals surface area (Å²) in [7, 11) is 2.80. The van der Waals surface area contributed by atoms with E-state index >= 15 is 0 Å². The maximum Gasteiger partial charge on any atom is 0.174 e. The Morgan fingerprint density at radius 1 is 1.26 bits per heavy atom. The average Bonchev–Trinajstić information content (AvgIpc) is 2.62. The van der Waals surface area contributed by atoms with Crippen molar-refractivity contribution in [1.82, 2.24) is 9.57 Å². The number of ether oxygens (including phenoxy) is 1. The van der Waals surface area contributed by atoms with Crippen LogP contribution in [0.5, 0.6) is 5.75 Å². The SMILES string of the molecule is CC.N#CCOc1ccc2c(c1)C(N1CCN(P)CC1)CCC2. The van der Waals surface area contributed by atoms with E-state index in [2.05, 4.69) is 31.1 Å². The number of hydrogen-bond acceptors (Lipinski definition) is 4. The summed E-state index contributed by atoms with van der Waals surface area (Å²) in [4.78, 5) is 2.60. The van der Waals surface area contributed by atoms with Crippen LogP contribution in [0.3, 0.4) is 0 Å². The fourth-order valence-corrected chi connectivity index (χ4v) is 3.62. The molecule has 1 aromatic carbocycles. The second-order valence-corrected chi connectivity index (χ2v) is 6.52. The lowest BCUT2D eigenvalue weighted by molar-refractivity contribution is 0.129. The van der Waals surface area contributed by atoms with Gasteiger partial charge in [-0.25, -0.2) is 0 Å². The van der Waals surface area contributed by atoms with Gasteiger partial charge in [-0.2, -0.15) is 5.26 Å². The quantitative estimate of drug-likeness (QED) is 0.795. The van der Waals surface area contributed by atoms with E-state index < -0.39 is 0 Å². The predicted molar refractivity (Wildman–Crippen MR) is 97.4 cm³/mol. The van der Waals surface area contributed by atoms with E-state index in [1.807, 2.05) is 26.0 Å². The van der Waals surface area contributed by atoms with Gasteiger partial charge in [0.05, 0.1) is 0 Å². The fourth-order valence-electron chi connectivity index (χ4n) is 3.39. The van der Waals surface area contributed by atoms with E-state index in [0.29, 0.717) is 6.04 Å². The fraction of sp³-hybridized carbons (Fsp3) is 0.611. The molecule has 0 amide bonds. The number of nitrogens with zero attached hydrogens (tertiary/aromatic N) is 3. The van der Waals surface area contributed by atoms with Gasteiger partial charge in [-0.05, 0) is 42.5 Å². The van der Waals surface area contributed by atoms with Crippen molar-refractivity contribution < 1.29 is 4.74 Å². The van der Waals surface area contributed by atoms with Crippen molar-refractivity contribution in [3.63, 3.8) is 0 Å². The maximum atomic E-state index is 8.66. The summed E-state index contributed by atoms with van der Waals surface area (Å²) in [5, 5.41) is 8.66. The summed E-state index contributed by atoms with van der Waals surface area (Å²) < 4.78 is 7.79. The van der Waals surface area contributed by atoms with Crippen LogP contribution in [-0.2, 0) is 6.42 Å². The molecule has 4 nitrogen and oxygen atoms in total. The summed E-state index contributed by atoms with van der Waals surface area (Å²) in [6, 6.07) is 8.88. The molecule has 0 spiro atoms. The molecule has 23 heavy (non-hydrogen) atoms. The number of rotatable bonds is 3. The molecule has 1 aromatic rings. The van der Waals surface area contributed by atoms with E-state index in [0.717, 1.165) is 38.3 Å². The highest BCUT2D eigenvalue weighted by atomic mass is 31.0. The van der Waals surface area contributed by atoms with Crippen LogP contribution < -0.4 is 4.74 Å². The average molecular weight is 333 g/mol. The molecule has 0 aromatic heterocycles. The van der Waals surface area contributed by atoms with Crippen molar-refractivity contribution in [1.29, 1.82) is 5.26 Å². The molecule has 1 aliphatic carbocycles. The molecule has 0 radical (unpaired) electrons. The van der Waals surface area contributed by atoms with Crippen LogP contribution in [0.25, 0.3) is 0 Å². The highest BCUT2D eigenvalue weighted by Gasteiger charge is 2.28. The number of benzene rings is 1. The zero-order chi connectivity index (χ0) is 16.7. The van der Waals surface area contributed by atoms with Gasteiger partial charge in [-0.3, -0.25) is 9.57 Å². The van der Waals surface area contributed by atoms with Gasteiger partial charge in [0.15, 0.2) is 6.61 Å². The first-order chi connectivity index (χ1) is 11.3. The Labute approximate surface area is 142 Å². The summed E-state index contributed by atoms with van der Waals surface area (Å²) in [6.07, 6.45) is 3.65. The van der Waals surface area contributed by atoms with Crippen LogP contribution in [0, 0.1) is 11.3 Å². The highest BCUT2D eigenvalue weighted by Crippen LogP contribution is 2.36. The molecule has 1 saturated heterocycles. The summed E-state index contributed by atoms with van der Waals surface area (Å²) >= 11 is 0. The van der Waals surface area contributed by atoms with Crippen LogP contribution in [0.15, 0.2) is 18.2 Å². The minimum atomic E-state index is 0.120. The predicted octanol–water partition coefficient (Wildman–Crippen LogP) is 3.40. The van der Waals surface area contributed by atoms with Gasteiger partial charge in [-0.15, -0.1) is 0 Å². The number of piperazine rings is 1. The van der Waals surface area contributed by atoms with Crippen molar-refractivity contribution in [2.75, 3.05) is 32.8 Å². The van der Waals surface area contributed by atoms with Crippen LogP contribution >= 0.6 is 9.39 Å². The minimum Gasteiger partial charge on any atom is -0.479 e. The van der Waals surface area contributed by atoms with Crippen LogP contribution in [0.1, 0.15) is 43.9 Å². The number of hydrogen-bond donors (Lipinski definition) is 0. The lowest BCUT2D eigenvalue weighted by Gasteiger charge is -2.40. The molecule has 2 atom stereocenters. The Bertz CT molecular complexity index is 536. The Morgan fingerprint density at radius 3 is 2.70 bits per heavy atom. The van der Waals surface area contributed by atoms with Crippen molar-refractivity contribution in [2.24, 2.45) is 0 Å². The molecular weight excluding hydrogens is 305 g/mol. The van der Waals surface area contributed by atoms with Gasteiger partial charge in [0.1, 0.15) is 11.8 Å². The Kier molecular flexibility index (Phi) is 7.30. The third-order valence-electron chi connectivity index (χ3n) is 4.49. The number of aryl methyl sites for hydroxylation is 1. The second-order valence-electron chi connectivity index (χ2n) is 5.79. The summed E-state index contributed by atoms with van der Waals surface area (Å²) in [5.41, 5.74) is 2.86. The smallest absolute Gasteiger partial charge is 0.174 e. The second kappa shape index (κ2) is 9.23. The molecular formula is C18H28N3OP. The normalized spacial score (nSPS) is 21.6. The van der Waals surface area contributed by atoms with Gasteiger partial charge in [0.2, 0.25) is 0 Å². The largest absolute Gasteiger partial charge is 0.479 e. The molecule has 2 unspecified atom stereocenters. The standard InChI is InChI=1S/C16H22N3OP.C2H6/c17-6-11-20-14-5-4-13-2-1-3-16(15(13)12-14)18-7-9-19(21)10-8-18;1-2/h4-5,12,16H,1-3,7-11,21H2;1-2H3. The van der Waals surface area contributed by atoms with Crippen molar-refractivity contribution >= 4 is 9.39 Å². The molecule has 1 heterocycles. The first-order valence-corrected chi connectivity index (χ1v) is 9.16. The first-order valence-electron chi connectivity index (χ1n) is 8.64. The highest BCUT2D eigenvalue weighted by molar-refractivity contribution is 7.13. The van der Waals surface area contributed by atoms with E-state index in [-0.39, 0.29) is 6.61 Å². The van der Waals surface area contributed by atoms with E-state index in [9.17, 15) is 0 Å². The lowest BCUT2D eigenvalue weighted by atomic mass is 9.86. The summed E-state index contributed by atoms with van der Waals surface area (Å²) in [6.45, 7) is 8.59. The topological polar surface area (TPSA) is 39.5 Å². The van der Waals surface area contributed by atoms with E-state index in [4.69, 9.17) is 10.00 Å². The van der Waals surface area contributed by atoms with Crippen molar-refractivity contribution in [3.05, 3.63) is 29.3 Å². The van der Waals surface area contributed by atoms with E-state index in [1.165, 1.54) is 24.0 Å². The Hall–Kier alpha value is -1.14. The van der Waals surface area contributed by atoms with Gasteiger partial charge < -0.3 is 4.74 Å². The van der Waals surface area contributed by atoms with E-state index in [1.54, 1.807) is 0 Å². The molecule has 0 N–H and O–H groups in total. The zero-order valence-corrected chi connectivity index (χ0v) is 15.4. The molecule has 5 heteroatoms. The lowest BCUT2D eigenvalue weighted by Crippen LogP contribution is -2.44. The minimum absolute atomic E-state index is 0.120. The first kappa shape index (κ1) is 18.2. The zero-order valence-electron chi connectivity index (χ0n) is 14.3. The molecule has 0 saturated carbocycles.